The highest BCUT2D eigenvalue weighted by atomic mass is 16.2. The predicted molar refractivity (Wildman–Crippen MR) is 92.5 cm³/mol. The molecule has 0 N–H and O–H groups in total. The normalized spacial score (nSPS) is 19.3. The van der Waals surface area contributed by atoms with Crippen LogP contribution in [0.2, 0.25) is 0 Å². The van der Waals surface area contributed by atoms with Gasteiger partial charge < -0.3 is 9.47 Å². The van der Waals surface area contributed by atoms with Crippen molar-refractivity contribution < 1.29 is 4.79 Å². The smallest absolute Gasteiger partial charge is 0.270 e. The van der Waals surface area contributed by atoms with Crippen LogP contribution in [0.1, 0.15) is 42.0 Å². The molecule has 1 aliphatic rings. The van der Waals surface area contributed by atoms with Crippen molar-refractivity contribution in [3.05, 3.63) is 59.9 Å². The summed E-state index contributed by atoms with van der Waals surface area (Å²) in [6, 6.07) is 14.9. The lowest BCUT2D eigenvalue weighted by Crippen LogP contribution is -2.49. The van der Waals surface area contributed by atoms with Crippen LogP contribution in [0.15, 0.2) is 48.7 Å². The van der Waals surface area contributed by atoms with E-state index >= 15 is 0 Å². The van der Waals surface area contributed by atoms with Crippen LogP contribution in [-0.4, -0.2) is 47.0 Å². The minimum Gasteiger partial charge on any atom is -0.341 e. The lowest BCUT2D eigenvalue weighted by Gasteiger charge is -2.39. The number of carbonyl (C=O) groups is 1. The van der Waals surface area contributed by atoms with Crippen LogP contribution in [-0.2, 0) is 0 Å². The number of aromatic nitrogens is 1. The molecule has 122 valence electrons. The maximum atomic E-state index is 13.0. The number of hydrogen-bond acceptors (Lipinski definition) is 2. The van der Waals surface area contributed by atoms with Crippen molar-refractivity contribution in [1.82, 2.24) is 14.4 Å². The number of rotatable bonds is 3. The fraction of sp³-hybridized carbons (Fsp3) is 0.421. The van der Waals surface area contributed by atoms with E-state index < -0.39 is 0 Å². The van der Waals surface area contributed by atoms with Crippen molar-refractivity contribution in [2.45, 2.75) is 25.9 Å². The molecule has 4 nitrogen and oxygen atoms in total. The number of nitrogens with zero attached hydrogens (tertiary/aromatic N) is 3. The summed E-state index contributed by atoms with van der Waals surface area (Å²) in [4.78, 5) is 17.3. The van der Waals surface area contributed by atoms with Crippen LogP contribution in [0, 0.1) is 0 Å². The van der Waals surface area contributed by atoms with Crippen molar-refractivity contribution in [3.8, 4) is 0 Å². The van der Waals surface area contributed by atoms with Crippen molar-refractivity contribution in [2.75, 3.05) is 26.7 Å². The summed E-state index contributed by atoms with van der Waals surface area (Å²) in [5.41, 5.74) is 2.06. The molecule has 1 atom stereocenters. The molecule has 1 saturated heterocycles. The van der Waals surface area contributed by atoms with Gasteiger partial charge in [-0.15, -0.1) is 0 Å². The summed E-state index contributed by atoms with van der Waals surface area (Å²) in [6.45, 7) is 6.62. The molecule has 0 saturated carbocycles. The van der Waals surface area contributed by atoms with Gasteiger partial charge in [-0.25, -0.2) is 0 Å². The maximum Gasteiger partial charge on any atom is 0.270 e. The lowest BCUT2D eigenvalue weighted by molar-refractivity contribution is 0.0535. The van der Waals surface area contributed by atoms with E-state index in [4.69, 9.17) is 0 Å². The monoisotopic (exact) mass is 311 g/mol. The van der Waals surface area contributed by atoms with E-state index in [0.29, 0.717) is 6.04 Å². The molecule has 2 aromatic rings. The second kappa shape index (κ2) is 6.59. The van der Waals surface area contributed by atoms with Gasteiger partial charge in [-0.3, -0.25) is 9.69 Å². The van der Waals surface area contributed by atoms with Gasteiger partial charge in [-0.05, 0) is 38.6 Å². The van der Waals surface area contributed by atoms with Gasteiger partial charge in [-0.1, -0.05) is 30.3 Å². The fourth-order valence-electron chi connectivity index (χ4n) is 3.28. The van der Waals surface area contributed by atoms with Gasteiger partial charge in [0.15, 0.2) is 0 Å². The Morgan fingerprint density at radius 1 is 1.09 bits per heavy atom. The first-order valence-electron chi connectivity index (χ1n) is 8.29. The van der Waals surface area contributed by atoms with Crippen LogP contribution in [0.4, 0.5) is 0 Å². The van der Waals surface area contributed by atoms with E-state index in [1.807, 2.05) is 29.3 Å². The first-order valence-corrected chi connectivity index (χ1v) is 8.29. The Hall–Kier alpha value is -2.07. The van der Waals surface area contributed by atoms with Crippen LogP contribution >= 0.6 is 0 Å². The molecule has 1 amide bonds. The SMILES string of the molecule is CC(C)n1cccc1C(=O)N1CCN(C)[C@H](c2ccccc2)C1. The van der Waals surface area contributed by atoms with Crippen molar-refractivity contribution in [3.63, 3.8) is 0 Å². The van der Waals surface area contributed by atoms with Crippen LogP contribution in [0.5, 0.6) is 0 Å². The number of carbonyl (C=O) groups excluding carboxylic acids is 1. The number of benzene rings is 1. The second-order valence-electron chi connectivity index (χ2n) is 6.55. The first kappa shape index (κ1) is 15.8. The van der Waals surface area contributed by atoms with E-state index in [1.165, 1.54) is 5.56 Å². The van der Waals surface area contributed by atoms with Gasteiger partial charge >= 0.3 is 0 Å². The third kappa shape index (κ3) is 3.17. The van der Waals surface area contributed by atoms with E-state index in [0.717, 1.165) is 25.3 Å². The summed E-state index contributed by atoms with van der Waals surface area (Å²) < 4.78 is 2.05. The average Bonchev–Trinajstić information content (AvgIpc) is 3.05. The molecule has 0 spiro atoms. The van der Waals surface area contributed by atoms with Crippen molar-refractivity contribution in [1.29, 1.82) is 0 Å². The lowest BCUT2D eigenvalue weighted by atomic mass is 10.0. The standard InChI is InChI=1S/C19H25N3O/c1-15(2)22-11-7-10-17(22)19(23)21-13-12-20(3)18(14-21)16-8-5-4-6-9-16/h4-11,15,18H,12-14H2,1-3H3/t18-/m0/s1. The van der Waals surface area contributed by atoms with Gasteiger partial charge in [0, 0.05) is 31.9 Å². The van der Waals surface area contributed by atoms with Gasteiger partial charge in [0.25, 0.3) is 5.91 Å². The highest BCUT2D eigenvalue weighted by Gasteiger charge is 2.30. The van der Waals surface area contributed by atoms with Gasteiger partial charge in [0.05, 0.1) is 6.04 Å². The molecule has 0 aliphatic carbocycles. The molecular weight excluding hydrogens is 286 g/mol. The largest absolute Gasteiger partial charge is 0.341 e. The molecule has 4 heteroatoms. The van der Waals surface area contributed by atoms with E-state index in [1.54, 1.807) is 0 Å². The van der Waals surface area contributed by atoms with Crippen molar-refractivity contribution in [2.24, 2.45) is 0 Å². The Kier molecular flexibility index (Phi) is 4.53. The molecule has 0 radical (unpaired) electrons. The van der Waals surface area contributed by atoms with Crippen LogP contribution in [0.25, 0.3) is 0 Å². The third-order valence-electron chi connectivity index (χ3n) is 4.67. The predicted octanol–water partition coefficient (Wildman–Crippen LogP) is 3.20. The first-order chi connectivity index (χ1) is 11.1. The van der Waals surface area contributed by atoms with E-state index in [2.05, 4.69) is 54.6 Å². The molecule has 1 fully saturated rings. The highest BCUT2D eigenvalue weighted by Crippen LogP contribution is 2.25. The summed E-state index contributed by atoms with van der Waals surface area (Å²) in [7, 11) is 2.14. The number of hydrogen-bond donors (Lipinski definition) is 0. The number of likely N-dealkylation sites (N-methyl/N-ethyl adjacent to an activating group) is 1. The third-order valence-corrected chi connectivity index (χ3v) is 4.67. The van der Waals surface area contributed by atoms with E-state index in [-0.39, 0.29) is 11.9 Å². The summed E-state index contributed by atoms with van der Waals surface area (Å²) in [5, 5.41) is 0. The topological polar surface area (TPSA) is 28.5 Å². The quantitative estimate of drug-likeness (QED) is 0.871. The number of piperazine rings is 1. The molecule has 1 aromatic heterocycles. The Morgan fingerprint density at radius 3 is 2.52 bits per heavy atom. The number of amides is 1. The summed E-state index contributed by atoms with van der Waals surface area (Å²) in [5.74, 6) is 0.137. The minimum atomic E-state index is 0.137. The molecule has 1 aliphatic heterocycles. The fourth-order valence-corrected chi connectivity index (χ4v) is 3.28. The van der Waals surface area contributed by atoms with Crippen LogP contribution in [0.3, 0.4) is 0 Å². The zero-order valence-corrected chi connectivity index (χ0v) is 14.1. The molecule has 2 heterocycles. The molecule has 3 rings (SSSR count). The average molecular weight is 311 g/mol. The second-order valence-corrected chi connectivity index (χ2v) is 6.55. The van der Waals surface area contributed by atoms with Gasteiger partial charge in [0.1, 0.15) is 5.69 Å². The minimum absolute atomic E-state index is 0.137. The molecule has 1 aromatic carbocycles. The van der Waals surface area contributed by atoms with Gasteiger partial charge in [0.2, 0.25) is 0 Å². The summed E-state index contributed by atoms with van der Waals surface area (Å²) >= 11 is 0. The zero-order chi connectivity index (χ0) is 16.4. The Morgan fingerprint density at radius 2 is 1.83 bits per heavy atom. The zero-order valence-electron chi connectivity index (χ0n) is 14.1. The highest BCUT2D eigenvalue weighted by molar-refractivity contribution is 5.93. The maximum absolute atomic E-state index is 13.0. The molecule has 0 unspecified atom stereocenters. The van der Waals surface area contributed by atoms with Gasteiger partial charge in [-0.2, -0.15) is 0 Å². The van der Waals surface area contributed by atoms with E-state index in [9.17, 15) is 4.79 Å². The Bertz CT molecular complexity index is 662. The summed E-state index contributed by atoms with van der Waals surface area (Å²) in [6.07, 6.45) is 1.99. The Balaban J connectivity index is 1.81. The van der Waals surface area contributed by atoms with Crippen LogP contribution < -0.4 is 0 Å². The molecular formula is C19H25N3O. The Labute approximate surface area is 138 Å². The van der Waals surface area contributed by atoms with Crippen molar-refractivity contribution >= 4 is 5.91 Å². The molecule has 23 heavy (non-hydrogen) atoms. The molecule has 0 bridgehead atoms.